The topological polar surface area (TPSA) is 21.3 Å². The molecule has 2 atom stereocenters. The van der Waals surface area contributed by atoms with Gasteiger partial charge in [-0.25, -0.2) is 0 Å². The van der Waals surface area contributed by atoms with Crippen molar-refractivity contribution in [2.75, 3.05) is 19.7 Å². The van der Waals surface area contributed by atoms with Gasteiger partial charge >= 0.3 is 0 Å². The molecule has 2 rings (SSSR count). The number of rotatable bonds is 1. The van der Waals surface area contributed by atoms with Crippen molar-refractivity contribution in [3.8, 4) is 0 Å². The van der Waals surface area contributed by atoms with E-state index in [0.717, 1.165) is 25.3 Å². The summed E-state index contributed by atoms with van der Waals surface area (Å²) in [4.78, 5) is 0. The summed E-state index contributed by atoms with van der Waals surface area (Å²) in [7, 11) is 0. The van der Waals surface area contributed by atoms with E-state index in [1.165, 1.54) is 0 Å². The molecule has 0 bridgehead atoms. The summed E-state index contributed by atoms with van der Waals surface area (Å²) in [5, 5.41) is 4.52. The smallest absolute Gasteiger partial charge is 0.0863 e. The first-order valence-corrected chi connectivity index (χ1v) is 6.21. The molecule has 0 spiro atoms. The lowest BCUT2D eigenvalue weighted by atomic mass is 9.97. The third-order valence-corrected chi connectivity index (χ3v) is 3.57. The van der Waals surface area contributed by atoms with Crippen LogP contribution in [0, 0.1) is 5.92 Å². The largest absolute Gasteiger partial charge is 0.372 e. The molecule has 0 aromatic heterocycles. The lowest BCUT2D eigenvalue weighted by Crippen LogP contribution is -2.22. The van der Waals surface area contributed by atoms with Gasteiger partial charge in [-0.3, -0.25) is 0 Å². The van der Waals surface area contributed by atoms with Gasteiger partial charge in [0, 0.05) is 13.1 Å². The van der Waals surface area contributed by atoms with Crippen molar-refractivity contribution in [3.63, 3.8) is 0 Å². The highest BCUT2D eigenvalue weighted by Crippen LogP contribution is 2.31. The summed E-state index contributed by atoms with van der Waals surface area (Å²) < 4.78 is 5.83. The predicted octanol–water partition coefficient (Wildman–Crippen LogP) is 3.29. The summed E-state index contributed by atoms with van der Waals surface area (Å²) in [6, 6.07) is 5.71. The van der Waals surface area contributed by atoms with Crippen LogP contribution in [0.25, 0.3) is 0 Å². The third kappa shape index (κ3) is 2.69. The Labute approximate surface area is 106 Å². The quantitative estimate of drug-likeness (QED) is 0.836. The first kappa shape index (κ1) is 12.2. The molecule has 1 N–H and O–H groups in total. The Morgan fingerprint density at radius 2 is 2.12 bits per heavy atom. The molecule has 1 aliphatic heterocycles. The van der Waals surface area contributed by atoms with Crippen LogP contribution in [0.4, 0.5) is 0 Å². The maximum atomic E-state index is 6.02. The van der Waals surface area contributed by atoms with Gasteiger partial charge < -0.3 is 10.1 Å². The molecular weight excluding hydrogens is 245 g/mol. The number of benzene rings is 1. The predicted molar refractivity (Wildman–Crippen MR) is 67.2 cm³/mol. The number of nitrogens with one attached hydrogen (secondary N) is 1. The Morgan fingerprint density at radius 1 is 1.31 bits per heavy atom. The van der Waals surface area contributed by atoms with Crippen molar-refractivity contribution in [1.82, 2.24) is 5.32 Å². The van der Waals surface area contributed by atoms with Crippen molar-refractivity contribution in [1.29, 1.82) is 0 Å². The fraction of sp³-hybridized carbons (Fsp3) is 0.500. The lowest BCUT2D eigenvalue weighted by molar-refractivity contribution is 0.0360. The first-order chi connectivity index (χ1) is 7.68. The summed E-state index contributed by atoms with van der Waals surface area (Å²) in [5.74, 6) is 0.430. The Hall–Kier alpha value is -0.280. The Balaban J connectivity index is 2.23. The van der Waals surface area contributed by atoms with Crippen LogP contribution in [0.2, 0.25) is 10.0 Å². The Kier molecular flexibility index (Phi) is 4.09. The third-order valence-electron chi connectivity index (χ3n) is 2.83. The fourth-order valence-electron chi connectivity index (χ4n) is 1.97. The second-order valence-electron chi connectivity index (χ2n) is 4.15. The molecule has 1 saturated heterocycles. The van der Waals surface area contributed by atoms with E-state index in [1.807, 2.05) is 18.2 Å². The van der Waals surface area contributed by atoms with Crippen molar-refractivity contribution < 1.29 is 4.74 Å². The minimum atomic E-state index is 0.102. The molecule has 88 valence electrons. The Morgan fingerprint density at radius 3 is 2.88 bits per heavy atom. The van der Waals surface area contributed by atoms with E-state index in [1.54, 1.807) is 0 Å². The van der Waals surface area contributed by atoms with Crippen LogP contribution in [0.15, 0.2) is 18.2 Å². The molecule has 2 nitrogen and oxygen atoms in total. The van der Waals surface area contributed by atoms with E-state index < -0.39 is 0 Å². The van der Waals surface area contributed by atoms with Crippen LogP contribution in [-0.4, -0.2) is 19.7 Å². The highest BCUT2D eigenvalue weighted by molar-refractivity contribution is 6.42. The molecule has 0 unspecified atom stereocenters. The zero-order chi connectivity index (χ0) is 11.5. The molecule has 16 heavy (non-hydrogen) atoms. The first-order valence-electron chi connectivity index (χ1n) is 5.46. The normalized spacial score (nSPS) is 26.4. The molecule has 0 aliphatic carbocycles. The molecule has 1 aromatic carbocycles. The summed E-state index contributed by atoms with van der Waals surface area (Å²) in [6.07, 6.45) is 0.102. The maximum absolute atomic E-state index is 6.02. The van der Waals surface area contributed by atoms with E-state index >= 15 is 0 Å². The van der Waals surface area contributed by atoms with E-state index in [4.69, 9.17) is 27.9 Å². The number of ether oxygens (including phenoxy) is 1. The fourth-order valence-corrected chi connectivity index (χ4v) is 2.28. The zero-order valence-electron chi connectivity index (χ0n) is 9.17. The molecular formula is C12H15Cl2NO. The van der Waals surface area contributed by atoms with Gasteiger partial charge in [0.25, 0.3) is 0 Å². The second-order valence-corrected chi connectivity index (χ2v) is 4.96. The minimum absolute atomic E-state index is 0.102. The summed E-state index contributed by atoms with van der Waals surface area (Å²) in [5.41, 5.74) is 1.10. The summed E-state index contributed by atoms with van der Waals surface area (Å²) >= 11 is 11.9. The average molecular weight is 260 g/mol. The maximum Gasteiger partial charge on any atom is 0.0863 e. The van der Waals surface area contributed by atoms with Crippen LogP contribution >= 0.6 is 23.2 Å². The highest BCUT2D eigenvalue weighted by atomic mass is 35.5. The van der Waals surface area contributed by atoms with Crippen LogP contribution < -0.4 is 5.32 Å². The molecule has 1 fully saturated rings. The van der Waals surface area contributed by atoms with E-state index in [0.29, 0.717) is 16.0 Å². The minimum Gasteiger partial charge on any atom is -0.372 e. The number of hydrogen-bond donors (Lipinski definition) is 1. The summed E-state index contributed by atoms with van der Waals surface area (Å²) in [6.45, 7) is 4.77. The molecule has 1 aliphatic rings. The van der Waals surface area contributed by atoms with Crippen LogP contribution in [0.3, 0.4) is 0 Å². The lowest BCUT2D eigenvalue weighted by Gasteiger charge is -2.21. The number of hydrogen-bond acceptors (Lipinski definition) is 2. The monoisotopic (exact) mass is 259 g/mol. The van der Waals surface area contributed by atoms with Gasteiger partial charge in [-0.05, 0) is 23.6 Å². The SMILES string of the molecule is C[C@@H]1CNCCO[C@H]1c1ccc(Cl)c(Cl)c1. The highest BCUT2D eigenvalue weighted by Gasteiger charge is 2.22. The van der Waals surface area contributed by atoms with E-state index in [2.05, 4.69) is 12.2 Å². The van der Waals surface area contributed by atoms with Gasteiger partial charge in [0.2, 0.25) is 0 Å². The van der Waals surface area contributed by atoms with E-state index in [-0.39, 0.29) is 6.10 Å². The van der Waals surface area contributed by atoms with Crippen LogP contribution in [-0.2, 0) is 4.74 Å². The standard InChI is InChI=1S/C12H15Cl2NO/c1-8-7-15-4-5-16-12(8)9-2-3-10(13)11(14)6-9/h2-3,6,8,12,15H,4-5,7H2,1H3/t8-,12-/m1/s1. The average Bonchev–Trinajstić information content (AvgIpc) is 2.47. The van der Waals surface area contributed by atoms with Crippen molar-refractivity contribution >= 4 is 23.2 Å². The molecule has 4 heteroatoms. The van der Waals surface area contributed by atoms with Crippen molar-refractivity contribution in [2.24, 2.45) is 5.92 Å². The van der Waals surface area contributed by atoms with Gasteiger partial charge in [0.15, 0.2) is 0 Å². The number of halogens is 2. The van der Waals surface area contributed by atoms with Gasteiger partial charge in [-0.2, -0.15) is 0 Å². The Bertz CT molecular complexity index is 370. The van der Waals surface area contributed by atoms with E-state index in [9.17, 15) is 0 Å². The van der Waals surface area contributed by atoms with Gasteiger partial charge in [0.1, 0.15) is 0 Å². The second kappa shape index (κ2) is 5.37. The van der Waals surface area contributed by atoms with Crippen molar-refractivity contribution in [2.45, 2.75) is 13.0 Å². The molecule has 1 aromatic rings. The van der Waals surface area contributed by atoms with Crippen molar-refractivity contribution in [3.05, 3.63) is 33.8 Å². The molecule has 1 heterocycles. The van der Waals surface area contributed by atoms with Gasteiger partial charge in [0.05, 0.1) is 22.8 Å². The van der Waals surface area contributed by atoms with Gasteiger partial charge in [-0.1, -0.05) is 36.2 Å². The molecule has 0 saturated carbocycles. The van der Waals surface area contributed by atoms with Crippen LogP contribution in [0.5, 0.6) is 0 Å². The molecule has 0 amide bonds. The molecule has 0 radical (unpaired) electrons. The zero-order valence-corrected chi connectivity index (χ0v) is 10.7. The van der Waals surface area contributed by atoms with Gasteiger partial charge in [-0.15, -0.1) is 0 Å². The van der Waals surface area contributed by atoms with Crippen LogP contribution in [0.1, 0.15) is 18.6 Å².